The summed E-state index contributed by atoms with van der Waals surface area (Å²) in [6, 6.07) is 1.94. The number of anilines is 1. The highest BCUT2D eigenvalue weighted by atomic mass is 32.1. The van der Waals surface area contributed by atoms with Gasteiger partial charge >= 0.3 is 0 Å². The van der Waals surface area contributed by atoms with Gasteiger partial charge in [-0.05, 0) is 18.9 Å². The van der Waals surface area contributed by atoms with Crippen molar-refractivity contribution < 1.29 is 0 Å². The summed E-state index contributed by atoms with van der Waals surface area (Å²) >= 11 is 1.43. The van der Waals surface area contributed by atoms with Gasteiger partial charge in [-0.2, -0.15) is 9.47 Å². The number of hydrogen-bond donors (Lipinski definition) is 2. The van der Waals surface area contributed by atoms with Crippen LogP contribution in [0.25, 0.3) is 0 Å². The second-order valence-electron chi connectivity index (χ2n) is 3.67. The molecule has 2 aromatic heterocycles. The highest BCUT2D eigenvalue weighted by molar-refractivity contribution is 7.09. The maximum atomic E-state index is 4.43. The van der Waals surface area contributed by atoms with Gasteiger partial charge in [0.05, 0.1) is 12.2 Å². The molecule has 1 saturated carbocycles. The van der Waals surface area contributed by atoms with Crippen molar-refractivity contribution >= 4 is 16.7 Å². The first kappa shape index (κ1) is 8.84. The van der Waals surface area contributed by atoms with E-state index in [0.717, 1.165) is 23.2 Å². The van der Waals surface area contributed by atoms with E-state index in [1.165, 1.54) is 24.4 Å². The van der Waals surface area contributed by atoms with E-state index in [4.69, 9.17) is 0 Å². The third-order valence-corrected chi connectivity index (χ3v) is 3.06. The standard InChI is InChI=1S/C9H11N5S/c1-2-6(1)8-12-9(15-14-8)10-5-7-3-4-11-13-7/h3-4,6H,1-2,5H2,(H,11,13)(H,10,12,14). The molecule has 78 valence electrons. The molecule has 5 nitrogen and oxygen atoms in total. The van der Waals surface area contributed by atoms with Crippen LogP contribution >= 0.6 is 11.5 Å². The molecule has 0 atom stereocenters. The number of nitrogens with one attached hydrogen (secondary N) is 2. The molecule has 1 fully saturated rings. The van der Waals surface area contributed by atoms with Crippen molar-refractivity contribution in [1.29, 1.82) is 0 Å². The van der Waals surface area contributed by atoms with Crippen molar-refractivity contribution in [2.75, 3.05) is 5.32 Å². The molecule has 0 saturated heterocycles. The molecule has 0 spiro atoms. The summed E-state index contributed by atoms with van der Waals surface area (Å²) < 4.78 is 4.32. The van der Waals surface area contributed by atoms with Crippen LogP contribution in [0.15, 0.2) is 12.3 Å². The third-order valence-electron chi connectivity index (χ3n) is 2.37. The summed E-state index contributed by atoms with van der Waals surface area (Å²) in [6.07, 6.45) is 4.24. The first-order chi connectivity index (χ1) is 7.42. The Labute approximate surface area is 91.1 Å². The van der Waals surface area contributed by atoms with Gasteiger partial charge in [0.1, 0.15) is 5.82 Å². The Morgan fingerprint density at radius 3 is 3.20 bits per heavy atom. The first-order valence-electron chi connectivity index (χ1n) is 4.97. The Hall–Kier alpha value is -1.43. The summed E-state index contributed by atoms with van der Waals surface area (Å²) in [7, 11) is 0. The number of nitrogens with zero attached hydrogens (tertiary/aromatic N) is 3. The second kappa shape index (κ2) is 3.62. The predicted molar refractivity (Wildman–Crippen MR) is 57.8 cm³/mol. The van der Waals surface area contributed by atoms with Crippen molar-refractivity contribution in [3.8, 4) is 0 Å². The van der Waals surface area contributed by atoms with Gasteiger partial charge in [-0.1, -0.05) is 0 Å². The molecule has 2 heterocycles. The molecule has 2 aromatic rings. The molecule has 0 aromatic carbocycles. The molecule has 0 amide bonds. The van der Waals surface area contributed by atoms with Crippen molar-refractivity contribution in [3.63, 3.8) is 0 Å². The number of rotatable bonds is 4. The minimum absolute atomic E-state index is 0.629. The van der Waals surface area contributed by atoms with Gasteiger partial charge in [0.2, 0.25) is 5.13 Å². The van der Waals surface area contributed by atoms with Crippen LogP contribution in [0, 0.1) is 0 Å². The molecule has 0 unspecified atom stereocenters. The molecule has 0 aliphatic heterocycles. The molecule has 2 N–H and O–H groups in total. The maximum absolute atomic E-state index is 4.43. The number of aromatic nitrogens is 4. The van der Waals surface area contributed by atoms with E-state index in [-0.39, 0.29) is 0 Å². The van der Waals surface area contributed by atoms with E-state index >= 15 is 0 Å². The Morgan fingerprint density at radius 2 is 2.47 bits per heavy atom. The van der Waals surface area contributed by atoms with Crippen LogP contribution in [-0.4, -0.2) is 19.6 Å². The van der Waals surface area contributed by atoms with Crippen LogP contribution < -0.4 is 5.32 Å². The van der Waals surface area contributed by atoms with Gasteiger partial charge in [-0.15, -0.1) is 0 Å². The Kier molecular flexibility index (Phi) is 2.13. The highest BCUT2D eigenvalue weighted by Crippen LogP contribution is 2.39. The summed E-state index contributed by atoms with van der Waals surface area (Å²) in [5, 5.41) is 10.9. The molecule has 15 heavy (non-hydrogen) atoms. The van der Waals surface area contributed by atoms with Crippen LogP contribution in [0.3, 0.4) is 0 Å². The Balaban J connectivity index is 1.61. The third kappa shape index (κ3) is 1.99. The van der Waals surface area contributed by atoms with Crippen LogP contribution in [0.1, 0.15) is 30.3 Å². The fourth-order valence-electron chi connectivity index (χ4n) is 1.37. The molecule has 6 heteroatoms. The lowest BCUT2D eigenvalue weighted by Gasteiger charge is -1.97. The molecule has 0 radical (unpaired) electrons. The van der Waals surface area contributed by atoms with Crippen molar-refractivity contribution in [2.45, 2.75) is 25.3 Å². The van der Waals surface area contributed by atoms with E-state index in [1.807, 2.05) is 6.07 Å². The topological polar surface area (TPSA) is 66.5 Å². The molecule has 3 rings (SSSR count). The SMILES string of the molecule is c1cc(CNc2nc(C3CC3)ns2)[nH]n1. The minimum Gasteiger partial charge on any atom is -0.355 e. The van der Waals surface area contributed by atoms with E-state index in [1.54, 1.807) is 6.20 Å². The van der Waals surface area contributed by atoms with Crippen LogP contribution in [0.4, 0.5) is 5.13 Å². The Morgan fingerprint density at radius 1 is 1.53 bits per heavy atom. The maximum Gasteiger partial charge on any atom is 0.202 e. The number of hydrogen-bond acceptors (Lipinski definition) is 5. The lowest BCUT2D eigenvalue weighted by Crippen LogP contribution is -1.99. The smallest absolute Gasteiger partial charge is 0.202 e. The van der Waals surface area contributed by atoms with E-state index in [9.17, 15) is 0 Å². The fourth-order valence-corrected chi connectivity index (χ4v) is 2.01. The van der Waals surface area contributed by atoms with Gasteiger partial charge in [0, 0.05) is 23.6 Å². The molecule has 1 aliphatic rings. The fraction of sp³-hybridized carbons (Fsp3) is 0.444. The first-order valence-corrected chi connectivity index (χ1v) is 5.75. The quantitative estimate of drug-likeness (QED) is 0.825. The van der Waals surface area contributed by atoms with Gasteiger partial charge < -0.3 is 5.32 Å². The van der Waals surface area contributed by atoms with Crippen LogP contribution in [0.5, 0.6) is 0 Å². The second-order valence-corrected chi connectivity index (χ2v) is 4.42. The zero-order valence-corrected chi connectivity index (χ0v) is 8.92. The summed E-state index contributed by atoms with van der Waals surface area (Å²) in [5.41, 5.74) is 1.05. The Bertz CT molecular complexity index is 431. The van der Waals surface area contributed by atoms with E-state index in [0.29, 0.717) is 5.92 Å². The van der Waals surface area contributed by atoms with Crippen molar-refractivity contribution in [3.05, 3.63) is 23.8 Å². The normalized spacial score (nSPS) is 15.5. The molecule has 1 aliphatic carbocycles. The van der Waals surface area contributed by atoms with Gasteiger partial charge in [-0.3, -0.25) is 5.10 Å². The predicted octanol–water partition coefficient (Wildman–Crippen LogP) is 1.75. The lowest BCUT2D eigenvalue weighted by atomic mass is 10.4. The van der Waals surface area contributed by atoms with E-state index < -0.39 is 0 Å². The van der Waals surface area contributed by atoms with Crippen LogP contribution in [-0.2, 0) is 6.54 Å². The number of aromatic amines is 1. The summed E-state index contributed by atoms with van der Waals surface area (Å²) in [5.74, 6) is 1.64. The van der Waals surface area contributed by atoms with Gasteiger partial charge in [0.15, 0.2) is 0 Å². The zero-order chi connectivity index (χ0) is 10.1. The average Bonchev–Trinajstić information content (AvgIpc) is 2.82. The van der Waals surface area contributed by atoms with Crippen molar-refractivity contribution in [1.82, 2.24) is 19.6 Å². The molecular formula is C9H11N5S. The van der Waals surface area contributed by atoms with Gasteiger partial charge in [-0.25, -0.2) is 4.98 Å². The summed E-state index contributed by atoms with van der Waals surface area (Å²) in [4.78, 5) is 4.43. The lowest BCUT2D eigenvalue weighted by molar-refractivity contribution is 0.960. The van der Waals surface area contributed by atoms with E-state index in [2.05, 4.69) is 24.9 Å². The number of H-pyrrole nitrogens is 1. The minimum atomic E-state index is 0.629. The highest BCUT2D eigenvalue weighted by Gasteiger charge is 2.27. The van der Waals surface area contributed by atoms with Gasteiger partial charge in [0.25, 0.3) is 0 Å². The molecule has 0 bridgehead atoms. The summed E-state index contributed by atoms with van der Waals surface area (Å²) in [6.45, 7) is 0.722. The largest absolute Gasteiger partial charge is 0.355 e. The van der Waals surface area contributed by atoms with Crippen molar-refractivity contribution in [2.24, 2.45) is 0 Å². The average molecular weight is 221 g/mol. The van der Waals surface area contributed by atoms with Crippen LogP contribution in [0.2, 0.25) is 0 Å². The molecular weight excluding hydrogens is 210 g/mol. The zero-order valence-electron chi connectivity index (χ0n) is 8.10. The monoisotopic (exact) mass is 221 g/mol.